The molecule has 0 aromatic rings. The van der Waals surface area contributed by atoms with Gasteiger partial charge in [-0.25, -0.2) is 10.9 Å². The van der Waals surface area contributed by atoms with Crippen LogP contribution in [-0.2, 0) is 4.79 Å². The summed E-state index contributed by atoms with van der Waals surface area (Å²) >= 11 is 6.22. The molecule has 1 unspecified atom stereocenters. The number of rotatable bonds is 0. The third kappa shape index (κ3) is 1.48. The maximum Gasteiger partial charge on any atom is 0.243 e. The average Bonchev–Trinajstić information content (AvgIpc) is 2.29. The van der Waals surface area contributed by atoms with Gasteiger partial charge < -0.3 is 5.32 Å². The predicted octanol–water partition coefficient (Wildman–Crippen LogP) is -0.367. The van der Waals surface area contributed by atoms with Crippen molar-refractivity contribution in [3.05, 3.63) is 22.4 Å². The molecule has 0 spiro atoms. The van der Waals surface area contributed by atoms with Gasteiger partial charge in [-0.05, 0) is 6.08 Å². The van der Waals surface area contributed by atoms with Gasteiger partial charge in [0.1, 0.15) is 6.17 Å². The van der Waals surface area contributed by atoms with Crippen molar-refractivity contribution < 1.29 is 4.79 Å². The number of carbonyl (C=O) groups excluding carboxylic acids is 1. The molecule has 3 rings (SSSR count). The molecule has 1 fully saturated rings. The molecule has 0 bridgehead atoms. The minimum atomic E-state index is -0.148. The molecular formula is C10H13ClN4O. The van der Waals surface area contributed by atoms with E-state index in [-0.39, 0.29) is 12.1 Å². The molecule has 1 atom stereocenters. The molecule has 3 aliphatic rings. The number of nitrogens with one attached hydrogen (secondary N) is 3. The summed E-state index contributed by atoms with van der Waals surface area (Å²) in [5, 5.41) is 4.01. The van der Waals surface area contributed by atoms with E-state index in [1.165, 1.54) is 0 Å². The third-order valence-electron chi connectivity index (χ3n) is 3.11. The standard InChI is InChI=1S/C10H13ClN4O/c11-7-3-9-14-13-5-10(16)15(9)8-1-2-12-4-6(7)8/h3,9,12-14H,1-2,4-5H2. The summed E-state index contributed by atoms with van der Waals surface area (Å²) in [5.74, 6) is 0.0959. The van der Waals surface area contributed by atoms with E-state index in [1.807, 2.05) is 11.0 Å². The smallest absolute Gasteiger partial charge is 0.243 e. The first-order chi connectivity index (χ1) is 7.77. The summed E-state index contributed by atoms with van der Waals surface area (Å²) in [5.41, 5.74) is 8.04. The summed E-state index contributed by atoms with van der Waals surface area (Å²) < 4.78 is 0. The number of hydrazine groups is 1. The van der Waals surface area contributed by atoms with Gasteiger partial charge >= 0.3 is 0 Å². The van der Waals surface area contributed by atoms with Crippen LogP contribution in [0.15, 0.2) is 22.4 Å². The van der Waals surface area contributed by atoms with Crippen LogP contribution >= 0.6 is 11.6 Å². The summed E-state index contributed by atoms with van der Waals surface area (Å²) in [7, 11) is 0. The largest absolute Gasteiger partial charge is 0.312 e. The van der Waals surface area contributed by atoms with Gasteiger partial charge in [-0.2, -0.15) is 0 Å². The highest BCUT2D eigenvalue weighted by Crippen LogP contribution is 2.32. The highest BCUT2D eigenvalue weighted by atomic mass is 35.5. The van der Waals surface area contributed by atoms with Crippen LogP contribution in [-0.4, -0.2) is 36.6 Å². The Balaban J connectivity index is 2.03. The van der Waals surface area contributed by atoms with Crippen LogP contribution in [0.2, 0.25) is 0 Å². The van der Waals surface area contributed by atoms with Gasteiger partial charge in [0.05, 0.1) is 6.54 Å². The van der Waals surface area contributed by atoms with Gasteiger partial charge in [0, 0.05) is 35.8 Å². The van der Waals surface area contributed by atoms with Gasteiger partial charge in [0.15, 0.2) is 0 Å². The lowest BCUT2D eigenvalue weighted by Crippen LogP contribution is -2.62. The number of carbonyl (C=O) groups is 1. The zero-order valence-electron chi connectivity index (χ0n) is 8.72. The van der Waals surface area contributed by atoms with Gasteiger partial charge in [-0.1, -0.05) is 11.6 Å². The molecule has 0 aromatic heterocycles. The van der Waals surface area contributed by atoms with E-state index < -0.39 is 0 Å². The second-order valence-corrected chi connectivity index (χ2v) is 4.48. The van der Waals surface area contributed by atoms with Crippen molar-refractivity contribution >= 4 is 17.5 Å². The summed E-state index contributed by atoms with van der Waals surface area (Å²) in [6, 6.07) is 0. The van der Waals surface area contributed by atoms with Crippen molar-refractivity contribution in [2.45, 2.75) is 12.6 Å². The number of halogens is 1. The van der Waals surface area contributed by atoms with Gasteiger partial charge in [-0.3, -0.25) is 9.69 Å². The molecule has 0 saturated carbocycles. The van der Waals surface area contributed by atoms with Crippen molar-refractivity contribution in [3.63, 3.8) is 0 Å². The zero-order valence-corrected chi connectivity index (χ0v) is 9.47. The zero-order chi connectivity index (χ0) is 11.1. The highest BCUT2D eigenvalue weighted by Gasteiger charge is 2.35. The highest BCUT2D eigenvalue weighted by molar-refractivity contribution is 6.32. The Labute approximate surface area is 98.5 Å². The monoisotopic (exact) mass is 240 g/mol. The van der Waals surface area contributed by atoms with E-state index in [0.717, 1.165) is 35.8 Å². The molecule has 1 amide bonds. The van der Waals surface area contributed by atoms with E-state index >= 15 is 0 Å². The van der Waals surface area contributed by atoms with Crippen molar-refractivity contribution in [2.75, 3.05) is 19.6 Å². The molecule has 16 heavy (non-hydrogen) atoms. The maximum absolute atomic E-state index is 11.9. The Morgan fingerprint density at radius 1 is 1.44 bits per heavy atom. The van der Waals surface area contributed by atoms with Crippen LogP contribution in [0, 0.1) is 0 Å². The van der Waals surface area contributed by atoms with E-state index in [0.29, 0.717) is 6.54 Å². The van der Waals surface area contributed by atoms with Crippen LogP contribution in [0.3, 0.4) is 0 Å². The van der Waals surface area contributed by atoms with E-state index in [4.69, 9.17) is 11.6 Å². The fourth-order valence-electron chi connectivity index (χ4n) is 2.37. The topological polar surface area (TPSA) is 56.4 Å². The number of hydrogen-bond donors (Lipinski definition) is 3. The molecule has 0 radical (unpaired) electrons. The van der Waals surface area contributed by atoms with Crippen LogP contribution in [0.4, 0.5) is 0 Å². The Morgan fingerprint density at radius 3 is 3.19 bits per heavy atom. The fraction of sp³-hybridized carbons (Fsp3) is 0.500. The fourth-order valence-corrected chi connectivity index (χ4v) is 2.67. The lowest BCUT2D eigenvalue weighted by Gasteiger charge is -2.42. The Kier molecular flexibility index (Phi) is 2.48. The summed E-state index contributed by atoms with van der Waals surface area (Å²) in [4.78, 5) is 13.7. The first-order valence-corrected chi connectivity index (χ1v) is 5.76. The summed E-state index contributed by atoms with van der Waals surface area (Å²) in [6.45, 7) is 1.97. The maximum atomic E-state index is 11.9. The van der Waals surface area contributed by atoms with Gasteiger partial charge in [-0.15, -0.1) is 0 Å². The Hall–Kier alpha value is -0.880. The Bertz CT molecular complexity index is 404. The molecule has 3 aliphatic heterocycles. The number of nitrogens with zero attached hydrogens (tertiary/aromatic N) is 1. The van der Waals surface area contributed by atoms with Crippen LogP contribution < -0.4 is 16.2 Å². The van der Waals surface area contributed by atoms with E-state index in [1.54, 1.807) is 0 Å². The Morgan fingerprint density at radius 2 is 2.31 bits per heavy atom. The van der Waals surface area contributed by atoms with Crippen LogP contribution in [0.25, 0.3) is 0 Å². The SMILES string of the molecule is O=C1CNNC2C=C(Cl)C3=C(CCNC3)N12. The quantitative estimate of drug-likeness (QED) is 0.541. The van der Waals surface area contributed by atoms with Crippen molar-refractivity contribution in [3.8, 4) is 0 Å². The molecule has 1 saturated heterocycles. The molecule has 0 aromatic carbocycles. The number of fused-ring (bicyclic) bond motifs is 2. The second kappa shape index (κ2) is 3.85. The first kappa shape index (κ1) is 10.3. The van der Waals surface area contributed by atoms with Crippen LogP contribution in [0.5, 0.6) is 0 Å². The molecule has 6 heteroatoms. The van der Waals surface area contributed by atoms with Crippen LogP contribution in [0.1, 0.15) is 6.42 Å². The van der Waals surface area contributed by atoms with E-state index in [2.05, 4.69) is 16.2 Å². The van der Waals surface area contributed by atoms with Gasteiger partial charge in [0.25, 0.3) is 0 Å². The predicted molar refractivity (Wildman–Crippen MR) is 60.2 cm³/mol. The van der Waals surface area contributed by atoms with Gasteiger partial charge in [0.2, 0.25) is 5.91 Å². The summed E-state index contributed by atoms with van der Waals surface area (Å²) in [6.07, 6.45) is 2.58. The molecule has 3 N–H and O–H groups in total. The van der Waals surface area contributed by atoms with Crippen molar-refractivity contribution in [1.82, 2.24) is 21.1 Å². The molecule has 0 aliphatic carbocycles. The molecular weight excluding hydrogens is 228 g/mol. The third-order valence-corrected chi connectivity index (χ3v) is 3.46. The second-order valence-electron chi connectivity index (χ2n) is 4.07. The number of hydrogen-bond acceptors (Lipinski definition) is 4. The van der Waals surface area contributed by atoms with E-state index in [9.17, 15) is 4.79 Å². The molecule has 3 heterocycles. The number of amides is 1. The molecule has 5 nitrogen and oxygen atoms in total. The lowest BCUT2D eigenvalue weighted by atomic mass is 10.0. The normalized spacial score (nSPS) is 29.8. The van der Waals surface area contributed by atoms with Crippen molar-refractivity contribution in [2.24, 2.45) is 0 Å². The first-order valence-electron chi connectivity index (χ1n) is 5.38. The minimum absolute atomic E-state index is 0.0959. The molecule has 86 valence electrons. The minimum Gasteiger partial charge on any atom is -0.312 e. The lowest BCUT2D eigenvalue weighted by molar-refractivity contribution is -0.133. The van der Waals surface area contributed by atoms with Crippen molar-refractivity contribution in [1.29, 1.82) is 0 Å². The average molecular weight is 241 g/mol.